The van der Waals surface area contributed by atoms with Crippen LogP contribution in [0.3, 0.4) is 0 Å². The molecule has 1 aliphatic heterocycles. The summed E-state index contributed by atoms with van der Waals surface area (Å²) in [5, 5.41) is 0. The number of nitrogens with two attached hydrogens (primary N) is 1. The van der Waals surface area contributed by atoms with Crippen molar-refractivity contribution in [3.63, 3.8) is 0 Å². The Balaban J connectivity index is 0.00000133. The van der Waals surface area contributed by atoms with Gasteiger partial charge in [0, 0.05) is 31.0 Å². The third-order valence-electron chi connectivity index (χ3n) is 5.34. The van der Waals surface area contributed by atoms with Gasteiger partial charge in [0.05, 0.1) is 12.1 Å². The number of aliphatic imine (C=N–C) groups is 1. The maximum Gasteiger partial charge on any atom is 0.191 e. The van der Waals surface area contributed by atoms with E-state index in [0.717, 1.165) is 25.7 Å². The molecule has 0 amide bonds. The minimum atomic E-state index is 0. The summed E-state index contributed by atoms with van der Waals surface area (Å²) >= 11 is 0. The Labute approximate surface area is 133 Å². The van der Waals surface area contributed by atoms with E-state index in [2.05, 4.69) is 18.7 Å². The predicted molar refractivity (Wildman–Crippen MR) is 87.9 cm³/mol. The van der Waals surface area contributed by atoms with Crippen molar-refractivity contribution in [2.75, 3.05) is 19.7 Å². The van der Waals surface area contributed by atoms with Crippen LogP contribution in [0.25, 0.3) is 0 Å². The lowest BCUT2D eigenvalue weighted by molar-refractivity contribution is -0.164. The van der Waals surface area contributed by atoms with Crippen molar-refractivity contribution >= 4 is 29.9 Å². The largest absolute Gasteiger partial charge is 0.377 e. The Hall–Kier alpha value is -0.0400. The zero-order valence-electron chi connectivity index (χ0n) is 12.0. The van der Waals surface area contributed by atoms with Gasteiger partial charge in [0.2, 0.25) is 0 Å². The predicted octanol–water partition coefficient (Wildman–Crippen LogP) is 2.22. The van der Waals surface area contributed by atoms with Crippen molar-refractivity contribution in [2.45, 2.75) is 51.7 Å². The topological polar surface area (TPSA) is 50.8 Å². The number of rotatable bonds is 3. The molecule has 2 aliphatic carbocycles. The maximum atomic E-state index is 6.17. The van der Waals surface area contributed by atoms with Gasteiger partial charge in [-0.1, -0.05) is 6.42 Å². The highest BCUT2D eigenvalue weighted by molar-refractivity contribution is 14.0. The fraction of sp³-hybridized carbons (Fsp3) is 0.929. The van der Waals surface area contributed by atoms with Crippen molar-refractivity contribution in [2.24, 2.45) is 22.1 Å². The van der Waals surface area contributed by atoms with Gasteiger partial charge in [-0.25, -0.2) is 4.99 Å². The van der Waals surface area contributed by atoms with Crippen LogP contribution in [0.15, 0.2) is 4.99 Å². The average molecular weight is 379 g/mol. The van der Waals surface area contributed by atoms with Crippen molar-refractivity contribution in [3.8, 4) is 0 Å². The molecule has 3 unspecified atom stereocenters. The molecule has 0 aromatic rings. The fourth-order valence-corrected chi connectivity index (χ4v) is 4.16. The number of fused-ring (bicyclic) bond motifs is 2. The molecule has 1 spiro atoms. The highest BCUT2D eigenvalue weighted by Crippen LogP contribution is 2.64. The van der Waals surface area contributed by atoms with E-state index in [1.54, 1.807) is 0 Å². The quantitative estimate of drug-likeness (QED) is 0.465. The highest BCUT2D eigenvalue weighted by atomic mass is 127. The van der Waals surface area contributed by atoms with Gasteiger partial charge in [0.15, 0.2) is 5.96 Å². The van der Waals surface area contributed by atoms with Crippen LogP contribution in [-0.2, 0) is 4.74 Å². The summed E-state index contributed by atoms with van der Waals surface area (Å²) in [6.07, 6.45) is 5.57. The highest BCUT2D eigenvalue weighted by Gasteiger charge is 2.66. The van der Waals surface area contributed by atoms with Gasteiger partial charge in [-0.15, -0.1) is 24.0 Å². The van der Waals surface area contributed by atoms with E-state index in [1.165, 1.54) is 25.7 Å². The van der Waals surface area contributed by atoms with Crippen LogP contribution < -0.4 is 5.73 Å². The molecule has 4 nitrogen and oxygen atoms in total. The molecule has 3 aliphatic rings. The standard InChI is InChI=1S/C14H25N3O.HI/c1-3-17(4-2)13(15)16-11-10-6-9-18-12(10)14(11)7-5-8-14;/h10-12H,3-9H2,1-2H3,(H2,15,16);1H. The maximum absolute atomic E-state index is 6.17. The number of hydrogen-bond donors (Lipinski definition) is 1. The first-order valence-corrected chi connectivity index (χ1v) is 7.42. The summed E-state index contributed by atoms with van der Waals surface area (Å²) in [5.74, 6) is 1.38. The molecule has 19 heavy (non-hydrogen) atoms. The van der Waals surface area contributed by atoms with Gasteiger partial charge in [-0.2, -0.15) is 0 Å². The molecular formula is C14H26IN3O. The number of halogens is 1. The van der Waals surface area contributed by atoms with Gasteiger partial charge >= 0.3 is 0 Å². The molecule has 0 aromatic heterocycles. The van der Waals surface area contributed by atoms with Crippen LogP contribution in [0.1, 0.15) is 39.5 Å². The van der Waals surface area contributed by atoms with Gasteiger partial charge in [0.25, 0.3) is 0 Å². The summed E-state index contributed by atoms with van der Waals surface area (Å²) in [6.45, 7) is 7.07. The van der Waals surface area contributed by atoms with E-state index in [9.17, 15) is 0 Å². The smallest absolute Gasteiger partial charge is 0.191 e. The zero-order chi connectivity index (χ0) is 12.8. The van der Waals surface area contributed by atoms with Crippen molar-refractivity contribution in [3.05, 3.63) is 0 Å². The third-order valence-corrected chi connectivity index (χ3v) is 5.34. The minimum absolute atomic E-state index is 0. The fourth-order valence-electron chi connectivity index (χ4n) is 4.16. The molecule has 2 saturated carbocycles. The molecule has 5 heteroatoms. The van der Waals surface area contributed by atoms with E-state index in [0.29, 0.717) is 23.5 Å². The molecule has 0 bridgehead atoms. The summed E-state index contributed by atoms with van der Waals surface area (Å²) < 4.78 is 5.91. The lowest BCUT2D eigenvalue weighted by Gasteiger charge is -2.61. The monoisotopic (exact) mass is 379 g/mol. The summed E-state index contributed by atoms with van der Waals surface area (Å²) in [5.41, 5.74) is 6.53. The van der Waals surface area contributed by atoms with Gasteiger partial charge in [0.1, 0.15) is 0 Å². The average Bonchev–Trinajstić information content (AvgIpc) is 2.71. The summed E-state index contributed by atoms with van der Waals surface area (Å²) in [6, 6.07) is 0.430. The summed E-state index contributed by atoms with van der Waals surface area (Å²) in [7, 11) is 0. The van der Waals surface area contributed by atoms with E-state index < -0.39 is 0 Å². The van der Waals surface area contributed by atoms with Crippen LogP contribution in [-0.4, -0.2) is 42.7 Å². The second-order valence-electron chi connectivity index (χ2n) is 5.94. The first kappa shape index (κ1) is 15.4. The van der Waals surface area contributed by atoms with Crippen LogP contribution in [0.5, 0.6) is 0 Å². The second kappa shape index (κ2) is 5.76. The van der Waals surface area contributed by atoms with Gasteiger partial charge in [-0.3, -0.25) is 0 Å². The molecule has 0 radical (unpaired) electrons. The Morgan fingerprint density at radius 2 is 2.05 bits per heavy atom. The van der Waals surface area contributed by atoms with Crippen LogP contribution >= 0.6 is 24.0 Å². The molecule has 2 N–H and O–H groups in total. The number of hydrogen-bond acceptors (Lipinski definition) is 2. The lowest BCUT2D eigenvalue weighted by atomic mass is 9.46. The van der Waals surface area contributed by atoms with E-state index in [1.807, 2.05) is 0 Å². The Kier molecular flexibility index (Phi) is 4.65. The number of nitrogens with zero attached hydrogens (tertiary/aromatic N) is 2. The molecule has 1 heterocycles. The van der Waals surface area contributed by atoms with Crippen molar-refractivity contribution in [1.82, 2.24) is 4.90 Å². The molecule has 0 aromatic carbocycles. The Morgan fingerprint density at radius 3 is 2.58 bits per heavy atom. The molecule has 110 valence electrons. The normalized spacial score (nSPS) is 35.1. The SMILES string of the molecule is CCN(CC)C(N)=NC1C2CCOC2C12CCC2.I. The van der Waals surface area contributed by atoms with Crippen molar-refractivity contribution in [1.29, 1.82) is 0 Å². The van der Waals surface area contributed by atoms with Crippen molar-refractivity contribution < 1.29 is 4.74 Å². The van der Waals surface area contributed by atoms with Crippen LogP contribution in [0, 0.1) is 11.3 Å². The Morgan fingerprint density at radius 1 is 1.37 bits per heavy atom. The molecule has 3 fully saturated rings. The van der Waals surface area contributed by atoms with Crippen LogP contribution in [0.4, 0.5) is 0 Å². The second-order valence-corrected chi connectivity index (χ2v) is 5.94. The first-order valence-electron chi connectivity index (χ1n) is 7.42. The minimum Gasteiger partial charge on any atom is -0.377 e. The number of ether oxygens (including phenoxy) is 1. The van der Waals surface area contributed by atoms with E-state index in [4.69, 9.17) is 15.5 Å². The summed E-state index contributed by atoms with van der Waals surface area (Å²) in [4.78, 5) is 7.03. The number of guanidine groups is 1. The zero-order valence-corrected chi connectivity index (χ0v) is 14.3. The Bertz CT molecular complexity index is 353. The first-order chi connectivity index (χ1) is 8.73. The van der Waals surface area contributed by atoms with Gasteiger partial charge in [-0.05, 0) is 33.1 Å². The lowest BCUT2D eigenvalue weighted by Crippen LogP contribution is -2.66. The molecular weight excluding hydrogens is 353 g/mol. The third kappa shape index (κ3) is 2.17. The van der Waals surface area contributed by atoms with Crippen LogP contribution in [0.2, 0.25) is 0 Å². The molecule has 1 saturated heterocycles. The van der Waals surface area contributed by atoms with E-state index >= 15 is 0 Å². The van der Waals surface area contributed by atoms with E-state index in [-0.39, 0.29) is 24.0 Å². The van der Waals surface area contributed by atoms with Gasteiger partial charge < -0.3 is 15.4 Å². The molecule has 3 rings (SSSR count). The molecule has 3 atom stereocenters.